The molecule has 0 saturated carbocycles. The number of nitrogens with zero attached hydrogens (tertiary/aromatic N) is 1. The molecule has 0 aliphatic rings. The topological polar surface area (TPSA) is 44.7 Å². The normalized spacial score (nSPS) is 13.6. The molecule has 0 aliphatic heterocycles. The lowest BCUT2D eigenvalue weighted by atomic mass is 9.98. The maximum atomic E-state index is 9.14. The molecule has 0 radical (unpaired) electrons. The molecule has 2 rings (SSSR count). The minimum absolute atomic E-state index is 0.188. The third-order valence-electron chi connectivity index (χ3n) is 4.84. The molecule has 0 fully saturated rings. The van der Waals surface area contributed by atoms with Crippen molar-refractivity contribution in [2.75, 3.05) is 26.7 Å². The van der Waals surface area contributed by atoms with Crippen LogP contribution in [-0.4, -0.2) is 42.8 Å². The van der Waals surface area contributed by atoms with Gasteiger partial charge in [0.15, 0.2) is 0 Å². The maximum Gasteiger partial charge on any atom is 0.127 e. The lowest BCUT2D eigenvalue weighted by Crippen LogP contribution is -2.44. The third-order valence-corrected chi connectivity index (χ3v) is 5.09. The van der Waals surface area contributed by atoms with Crippen LogP contribution in [0, 0.1) is 5.92 Å². The molecule has 0 saturated heterocycles. The first kappa shape index (κ1) is 21.7. The SMILES string of the molecule is CCC(C)C(CN(C)CCO)NCc1cccc(Oc2ccc(Cl)cc2)c1. The highest BCUT2D eigenvalue weighted by Gasteiger charge is 2.17. The van der Waals surface area contributed by atoms with Gasteiger partial charge in [0, 0.05) is 30.7 Å². The van der Waals surface area contributed by atoms with Crippen molar-refractivity contribution in [1.29, 1.82) is 0 Å². The molecule has 148 valence electrons. The smallest absolute Gasteiger partial charge is 0.127 e. The first-order valence-electron chi connectivity index (χ1n) is 9.57. The third kappa shape index (κ3) is 7.51. The largest absolute Gasteiger partial charge is 0.457 e. The van der Waals surface area contributed by atoms with Crippen LogP contribution in [0.5, 0.6) is 11.5 Å². The Balaban J connectivity index is 1.97. The summed E-state index contributed by atoms with van der Waals surface area (Å²) < 4.78 is 5.92. The van der Waals surface area contributed by atoms with Gasteiger partial charge in [0.2, 0.25) is 0 Å². The van der Waals surface area contributed by atoms with Crippen LogP contribution in [0.1, 0.15) is 25.8 Å². The quantitative estimate of drug-likeness (QED) is 0.590. The number of ether oxygens (including phenoxy) is 1. The Morgan fingerprint density at radius 1 is 1.15 bits per heavy atom. The molecule has 2 atom stereocenters. The van der Waals surface area contributed by atoms with Crippen LogP contribution in [0.15, 0.2) is 48.5 Å². The van der Waals surface area contributed by atoms with E-state index in [0.717, 1.165) is 31.0 Å². The number of likely N-dealkylation sites (N-methyl/N-ethyl adjacent to an activating group) is 1. The van der Waals surface area contributed by atoms with Gasteiger partial charge in [-0.25, -0.2) is 0 Å². The van der Waals surface area contributed by atoms with Crippen LogP contribution in [-0.2, 0) is 6.54 Å². The second-order valence-electron chi connectivity index (χ2n) is 7.06. The van der Waals surface area contributed by atoms with Crippen molar-refractivity contribution in [2.45, 2.75) is 32.9 Å². The number of aliphatic hydroxyl groups is 1. The number of hydrogen-bond acceptors (Lipinski definition) is 4. The van der Waals surface area contributed by atoms with Gasteiger partial charge >= 0.3 is 0 Å². The second kappa shape index (κ2) is 11.3. The highest BCUT2D eigenvalue weighted by atomic mass is 35.5. The maximum absolute atomic E-state index is 9.14. The molecule has 0 aromatic heterocycles. The van der Waals surface area contributed by atoms with Gasteiger partial charge in [0.25, 0.3) is 0 Å². The molecule has 5 heteroatoms. The number of hydrogen-bond donors (Lipinski definition) is 2. The average molecular weight is 391 g/mol. The highest BCUT2D eigenvalue weighted by Crippen LogP contribution is 2.24. The molecule has 2 aromatic carbocycles. The van der Waals surface area contributed by atoms with E-state index in [9.17, 15) is 0 Å². The van der Waals surface area contributed by atoms with Gasteiger partial charge in [-0.2, -0.15) is 0 Å². The number of halogens is 1. The van der Waals surface area contributed by atoms with E-state index < -0.39 is 0 Å². The predicted molar refractivity (Wildman–Crippen MR) is 113 cm³/mol. The van der Waals surface area contributed by atoms with Crippen LogP contribution in [0.3, 0.4) is 0 Å². The highest BCUT2D eigenvalue weighted by molar-refractivity contribution is 6.30. The summed E-state index contributed by atoms with van der Waals surface area (Å²) in [6, 6.07) is 15.9. The van der Waals surface area contributed by atoms with E-state index in [1.807, 2.05) is 43.4 Å². The van der Waals surface area contributed by atoms with Gasteiger partial charge < -0.3 is 20.1 Å². The summed E-state index contributed by atoms with van der Waals surface area (Å²) in [7, 11) is 2.05. The molecule has 2 N–H and O–H groups in total. The molecule has 0 heterocycles. The summed E-state index contributed by atoms with van der Waals surface area (Å²) in [4.78, 5) is 2.17. The van der Waals surface area contributed by atoms with Gasteiger partial charge in [-0.15, -0.1) is 0 Å². The van der Waals surface area contributed by atoms with Crippen molar-refractivity contribution in [2.24, 2.45) is 5.92 Å². The van der Waals surface area contributed by atoms with E-state index in [4.69, 9.17) is 21.4 Å². The van der Waals surface area contributed by atoms with Crippen LogP contribution < -0.4 is 10.1 Å². The first-order valence-corrected chi connectivity index (χ1v) is 9.94. The van der Waals surface area contributed by atoms with Crippen molar-refractivity contribution in [1.82, 2.24) is 10.2 Å². The standard InChI is InChI=1S/C22H31ClN2O2/c1-4-17(2)22(16-25(3)12-13-26)24-15-18-6-5-7-21(14-18)27-20-10-8-19(23)9-11-20/h5-11,14,17,22,24,26H,4,12-13,15-16H2,1-3H3. The van der Waals surface area contributed by atoms with Crippen molar-refractivity contribution in [3.8, 4) is 11.5 Å². The van der Waals surface area contributed by atoms with Gasteiger partial charge in [-0.1, -0.05) is 44.0 Å². The predicted octanol–water partition coefficient (Wildman–Crippen LogP) is 4.56. The Morgan fingerprint density at radius 3 is 2.56 bits per heavy atom. The molecular weight excluding hydrogens is 360 g/mol. The van der Waals surface area contributed by atoms with Crippen LogP contribution in [0.2, 0.25) is 5.02 Å². The van der Waals surface area contributed by atoms with Crippen molar-refractivity contribution in [3.05, 3.63) is 59.1 Å². The fourth-order valence-corrected chi connectivity index (χ4v) is 3.06. The fraction of sp³-hybridized carbons (Fsp3) is 0.455. The number of benzene rings is 2. The van der Waals surface area contributed by atoms with Gasteiger partial charge in [0.1, 0.15) is 11.5 Å². The lowest BCUT2D eigenvalue weighted by Gasteiger charge is -2.29. The van der Waals surface area contributed by atoms with Crippen LogP contribution in [0.4, 0.5) is 0 Å². The van der Waals surface area contributed by atoms with Crippen molar-refractivity contribution in [3.63, 3.8) is 0 Å². The first-order chi connectivity index (χ1) is 13.0. The van der Waals surface area contributed by atoms with Crippen molar-refractivity contribution >= 4 is 11.6 Å². The zero-order valence-electron chi connectivity index (χ0n) is 16.5. The number of rotatable bonds is 11. The number of nitrogens with one attached hydrogen (secondary N) is 1. The minimum Gasteiger partial charge on any atom is -0.457 e. The van der Waals surface area contributed by atoms with Crippen LogP contribution >= 0.6 is 11.6 Å². The summed E-state index contributed by atoms with van der Waals surface area (Å²) in [6.45, 7) is 7.06. The number of aliphatic hydroxyl groups excluding tert-OH is 1. The van der Waals surface area contributed by atoms with E-state index in [1.54, 1.807) is 0 Å². The summed E-state index contributed by atoms with van der Waals surface area (Å²) in [5, 5.41) is 13.5. The lowest BCUT2D eigenvalue weighted by molar-refractivity contribution is 0.191. The zero-order chi connectivity index (χ0) is 19.6. The molecular formula is C22H31ClN2O2. The van der Waals surface area contributed by atoms with E-state index in [1.165, 1.54) is 5.56 Å². The molecule has 27 heavy (non-hydrogen) atoms. The molecule has 0 spiro atoms. The van der Waals surface area contributed by atoms with E-state index in [-0.39, 0.29) is 6.61 Å². The zero-order valence-corrected chi connectivity index (χ0v) is 17.2. The van der Waals surface area contributed by atoms with Gasteiger partial charge in [0.05, 0.1) is 6.61 Å². The van der Waals surface area contributed by atoms with E-state index >= 15 is 0 Å². The molecule has 0 bridgehead atoms. The van der Waals surface area contributed by atoms with Gasteiger partial charge in [-0.3, -0.25) is 0 Å². The van der Waals surface area contributed by atoms with E-state index in [2.05, 4.69) is 36.2 Å². The van der Waals surface area contributed by atoms with Crippen molar-refractivity contribution < 1.29 is 9.84 Å². The Morgan fingerprint density at radius 2 is 1.89 bits per heavy atom. The minimum atomic E-state index is 0.188. The average Bonchev–Trinajstić information content (AvgIpc) is 2.67. The summed E-state index contributed by atoms with van der Waals surface area (Å²) in [5.74, 6) is 2.14. The monoisotopic (exact) mass is 390 g/mol. The van der Waals surface area contributed by atoms with E-state index in [0.29, 0.717) is 23.5 Å². The Bertz CT molecular complexity index is 678. The Hall–Kier alpha value is -1.59. The second-order valence-corrected chi connectivity index (χ2v) is 7.50. The van der Waals surface area contributed by atoms with Crippen LogP contribution in [0.25, 0.3) is 0 Å². The molecule has 4 nitrogen and oxygen atoms in total. The molecule has 0 amide bonds. The summed E-state index contributed by atoms with van der Waals surface area (Å²) in [5.41, 5.74) is 1.18. The fourth-order valence-electron chi connectivity index (χ4n) is 2.93. The molecule has 0 aliphatic carbocycles. The molecule has 2 aromatic rings. The Labute approximate surface area is 168 Å². The summed E-state index contributed by atoms with van der Waals surface area (Å²) >= 11 is 5.92. The molecule has 2 unspecified atom stereocenters. The summed E-state index contributed by atoms with van der Waals surface area (Å²) in [6.07, 6.45) is 1.12. The van der Waals surface area contributed by atoms with Gasteiger partial charge in [-0.05, 0) is 54.9 Å². The Kier molecular flexibility index (Phi) is 9.08.